The quantitative estimate of drug-likeness (QED) is 0.551. The van der Waals surface area contributed by atoms with Crippen molar-refractivity contribution >= 4 is 17.5 Å². The van der Waals surface area contributed by atoms with Gasteiger partial charge in [0.25, 0.3) is 5.91 Å². The van der Waals surface area contributed by atoms with E-state index in [9.17, 15) is 4.79 Å². The van der Waals surface area contributed by atoms with Gasteiger partial charge in [-0.1, -0.05) is 5.21 Å². The summed E-state index contributed by atoms with van der Waals surface area (Å²) in [6.45, 7) is 1.69. The molecule has 0 atom stereocenters. The van der Waals surface area contributed by atoms with Crippen LogP contribution in [0.15, 0.2) is 6.20 Å². The van der Waals surface area contributed by atoms with E-state index in [1.54, 1.807) is 13.2 Å². The molecule has 0 bridgehead atoms. The number of halogens is 1. The van der Waals surface area contributed by atoms with Crippen molar-refractivity contribution in [2.75, 3.05) is 25.6 Å². The topological polar surface area (TPSA) is 69.0 Å². The molecule has 1 N–H and O–H groups in total. The highest BCUT2D eigenvalue weighted by Crippen LogP contribution is 1.91. The molecule has 0 unspecified atom stereocenters. The zero-order valence-electron chi connectivity index (χ0n) is 9.15. The fourth-order valence-electron chi connectivity index (χ4n) is 1.07. The van der Waals surface area contributed by atoms with Gasteiger partial charge in [-0.2, -0.15) is 0 Å². The maximum atomic E-state index is 11.5. The zero-order valence-corrected chi connectivity index (χ0v) is 9.90. The van der Waals surface area contributed by atoms with Crippen LogP contribution in [-0.4, -0.2) is 46.5 Å². The van der Waals surface area contributed by atoms with Gasteiger partial charge in [-0.05, 0) is 6.42 Å². The number of carbonyl (C=O) groups excluding carboxylic acids is 1. The number of carbonyl (C=O) groups is 1. The second kappa shape index (κ2) is 7.19. The zero-order chi connectivity index (χ0) is 11.8. The van der Waals surface area contributed by atoms with Crippen LogP contribution in [0.25, 0.3) is 0 Å². The Morgan fingerprint density at radius 2 is 2.44 bits per heavy atom. The van der Waals surface area contributed by atoms with E-state index >= 15 is 0 Å². The molecule has 1 rings (SSSR count). The third-order valence-corrected chi connectivity index (χ3v) is 1.96. The average Bonchev–Trinajstić information content (AvgIpc) is 2.70. The standard InChI is InChI=1S/C9H15ClN4O2/c1-14-7-8(12-13-14)9(15)11-4-2-5-16-6-3-10/h7H,2-6H2,1H3,(H,11,15). The molecule has 1 amide bonds. The van der Waals surface area contributed by atoms with Crippen molar-refractivity contribution in [3.63, 3.8) is 0 Å². The smallest absolute Gasteiger partial charge is 0.273 e. The largest absolute Gasteiger partial charge is 0.380 e. The molecule has 1 heterocycles. The van der Waals surface area contributed by atoms with Gasteiger partial charge in [0.1, 0.15) is 0 Å². The summed E-state index contributed by atoms with van der Waals surface area (Å²) < 4.78 is 6.64. The monoisotopic (exact) mass is 246 g/mol. The Balaban J connectivity index is 2.11. The minimum atomic E-state index is -0.217. The summed E-state index contributed by atoms with van der Waals surface area (Å²) in [5, 5.41) is 10.1. The number of ether oxygens (including phenoxy) is 1. The van der Waals surface area contributed by atoms with Crippen LogP contribution in [-0.2, 0) is 11.8 Å². The van der Waals surface area contributed by atoms with Gasteiger partial charge in [-0.15, -0.1) is 16.7 Å². The SMILES string of the molecule is Cn1cc(C(=O)NCCCOCCCl)nn1. The highest BCUT2D eigenvalue weighted by Gasteiger charge is 2.08. The van der Waals surface area contributed by atoms with Crippen molar-refractivity contribution in [2.24, 2.45) is 7.05 Å². The van der Waals surface area contributed by atoms with E-state index in [4.69, 9.17) is 16.3 Å². The highest BCUT2D eigenvalue weighted by molar-refractivity contribution is 6.17. The van der Waals surface area contributed by atoms with Crippen molar-refractivity contribution in [3.05, 3.63) is 11.9 Å². The number of rotatable bonds is 7. The van der Waals surface area contributed by atoms with Crippen molar-refractivity contribution in [3.8, 4) is 0 Å². The molecule has 0 saturated heterocycles. The molecule has 0 spiro atoms. The van der Waals surface area contributed by atoms with Crippen molar-refractivity contribution in [2.45, 2.75) is 6.42 Å². The molecule has 0 aliphatic rings. The maximum Gasteiger partial charge on any atom is 0.273 e. The molecule has 0 aliphatic carbocycles. The third kappa shape index (κ3) is 4.59. The van der Waals surface area contributed by atoms with E-state index in [-0.39, 0.29) is 5.91 Å². The molecular weight excluding hydrogens is 232 g/mol. The Hall–Kier alpha value is -1.14. The van der Waals surface area contributed by atoms with Crippen LogP contribution in [0.3, 0.4) is 0 Å². The molecule has 1 aromatic heterocycles. The average molecular weight is 247 g/mol. The lowest BCUT2D eigenvalue weighted by molar-refractivity contribution is 0.0939. The van der Waals surface area contributed by atoms with Crippen molar-refractivity contribution in [1.29, 1.82) is 0 Å². The van der Waals surface area contributed by atoms with Gasteiger partial charge >= 0.3 is 0 Å². The minimum absolute atomic E-state index is 0.217. The van der Waals surface area contributed by atoms with E-state index in [2.05, 4.69) is 15.6 Å². The fraction of sp³-hybridized carbons (Fsp3) is 0.667. The van der Waals surface area contributed by atoms with E-state index in [0.29, 0.717) is 31.3 Å². The normalized spacial score (nSPS) is 10.4. The van der Waals surface area contributed by atoms with Crippen molar-refractivity contribution in [1.82, 2.24) is 20.3 Å². The maximum absolute atomic E-state index is 11.5. The van der Waals surface area contributed by atoms with Gasteiger partial charge in [0.05, 0.1) is 12.8 Å². The first-order valence-corrected chi connectivity index (χ1v) is 5.55. The Bertz CT molecular complexity index is 329. The lowest BCUT2D eigenvalue weighted by atomic mass is 10.4. The highest BCUT2D eigenvalue weighted by atomic mass is 35.5. The second-order valence-electron chi connectivity index (χ2n) is 3.19. The first-order valence-electron chi connectivity index (χ1n) is 5.02. The van der Waals surface area contributed by atoms with E-state index in [1.807, 2.05) is 0 Å². The molecular formula is C9H15ClN4O2. The number of nitrogens with one attached hydrogen (secondary N) is 1. The van der Waals surface area contributed by atoms with Crippen LogP contribution >= 0.6 is 11.6 Å². The predicted molar refractivity (Wildman–Crippen MR) is 59.5 cm³/mol. The van der Waals surface area contributed by atoms with Gasteiger partial charge < -0.3 is 10.1 Å². The number of nitrogens with zero attached hydrogens (tertiary/aromatic N) is 3. The van der Waals surface area contributed by atoms with Crippen LogP contribution in [0.4, 0.5) is 0 Å². The van der Waals surface area contributed by atoms with Crippen LogP contribution in [0.2, 0.25) is 0 Å². The first kappa shape index (κ1) is 12.9. The number of aryl methyl sites for hydroxylation is 1. The number of hydrogen-bond donors (Lipinski definition) is 1. The van der Waals surface area contributed by atoms with Crippen LogP contribution < -0.4 is 5.32 Å². The molecule has 0 aromatic carbocycles. The molecule has 0 radical (unpaired) electrons. The molecule has 16 heavy (non-hydrogen) atoms. The Morgan fingerprint density at radius 3 is 3.06 bits per heavy atom. The van der Waals surface area contributed by atoms with E-state index in [1.165, 1.54) is 4.68 Å². The second-order valence-corrected chi connectivity index (χ2v) is 3.57. The first-order chi connectivity index (χ1) is 7.74. The Kier molecular flexibility index (Phi) is 5.81. The minimum Gasteiger partial charge on any atom is -0.380 e. The van der Waals surface area contributed by atoms with E-state index in [0.717, 1.165) is 6.42 Å². The summed E-state index contributed by atoms with van der Waals surface area (Å²) in [6, 6.07) is 0. The van der Waals surface area contributed by atoms with E-state index < -0.39 is 0 Å². The molecule has 1 aromatic rings. The van der Waals surface area contributed by atoms with Crippen LogP contribution in [0, 0.1) is 0 Å². The molecule has 0 aliphatic heterocycles. The van der Waals surface area contributed by atoms with Gasteiger partial charge in [0.15, 0.2) is 5.69 Å². The lowest BCUT2D eigenvalue weighted by Crippen LogP contribution is -2.25. The number of aromatic nitrogens is 3. The molecule has 7 heteroatoms. The van der Waals surface area contributed by atoms with Crippen LogP contribution in [0.5, 0.6) is 0 Å². The molecule has 90 valence electrons. The summed E-state index contributed by atoms with van der Waals surface area (Å²) in [4.78, 5) is 11.5. The Morgan fingerprint density at radius 1 is 1.62 bits per heavy atom. The summed E-state index contributed by atoms with van der Waals surface area (Å²) in [7, 11) is 1.71. The lowest BCUT2D eigenvalue weighted by Gasteiger charge is -2.03. The molecule has 0 saturated carbocycles. The number of hydrogen-bond acceptors (Lipinski definition) is 4. The molecule has 0 fully saturated rings. The van der Waals surface area contributed by atoms with Gasteiger partial charge in [0.2, 0.25) is 0 Å². The van der Waals surface area contributed by atoms with Gasteiger partial charge in [0, 0.05) is 26.1 Å². The summed E-state index contributed by atoms with van der Waals surface area (Å²) >= 11 is 5.43. The number of alkyl halides is 1. The summed E-state index contributed by atoms with van der Waals surface area (Å²) in [6.07, 6.45) is 2.32. The summed E-state index contributed by atoms with van der Waals surface area (Å²) in [5.74, 6) is 0.275. The van der Waals surface area contributed by atoms with Crippen LogP contribution in [0.1, 0.15) is 16.9 Å². The van der Waals surface area contributed by atoms with Gasteiger partial charge in [-0.25, -0.2) is 0 Å². The summed E-state index contributed by atoms with van der Waals surface area (Å²) in [5.41, 5.74) is 0.323. The van der Waals surface area contributed by atoms with Gasteiger partial charge in [-0.3, -0.25) is 9.48 Å². The fourth-order valence-corrected chi connectivity index (χ4v) is 1.18. The van der Waals surface area contributed by atoms with Crippen molar-refractivity contribution < 1.29 is 9.53 Å². The Labute approximate surface area is 98.9 Å². The third-order valence-electron chi connectivity index (χ3n) is 1.81. The molecule has 6 nitrogen and oxygen atoms in total. The number of amides is 1. The predicted octanol–water partition coefficient (Wildman–Crippen LogP) is 0.190.